The molecule has 4 aromatic rings. The molecule has 7 heteroatoms. The lowest BCUT2D eigenvalue weighted by molar-refractivity contribution is -0.114. The van der Waals surface area contributed by atoms with Crippen LogP contribution in [-0.2, 0) is 11.3 Å². The zero-order valence-corrected chi connectivity index (χ0v) is 16.7. The third kappa shape index (κ3) is 3.91. The Kier molecular flexibility index (Phi) is 5.26. The Bertz CT molecular complexity index is 1230. The van der Waals surface area contributed by atoms with Gasteiger partial charge in [-0.05, 0) is 31.2 Å². The van der Waals surface area contributed by atoms with Crippen LogP contribution in [0.2, 0.25) is 0 Å². The number of anilines is 2. The van der Waals surface area contributed by atoms with Crippen LogP contribution >= 0.6 is 0 Å². The second-order valence-electron chi connectivity index (χ2n) is 6.83. The minimum absolute atomic E-state index is 0.172. The van der Waals surface area contributed by atoms with Crippen LogP contribution in [-0.4, -0.2) is 26.6 Å². The maximum absolute atomic E-state index is 13.2. The van der Waals surface area contributed by atoms with E-state index in [1.807, 2.05) is 37.3 Å². The van der Waals surface area contributed by atoms with E-state index in [0.29, 0.717) is 40.2 Å². The number of amides is 2. The summed E-state index contributed by atoms with van der Waals surface area (Å²) in [5, 5.41) is 10.7. The van der Waals surface area contributed by atoms with Crippen LogP contribution < -0.4 is 10.6 Å². The highest BCUT2D eigenvalue weighted by Gasteiger charge is 2.17. The fraction of sp³-hybridized carbons (Fsp3) is 0.130. The summed E-state index contributed by atoms with van der Waals surface area (Å²) in [6.45, 7) is 4.07. The smallest absolute Gasteiger partial charge is 0.256 e. The topological polar surface area (TPSA) is 88.9 Å². The monoisotopic (exact) mass is 399 g/mol. The predicted molar refractivity (Wildman–Crippen MR) is 117 cm³/mol. The highest BCUT2D eigenvalue weighted by atomic mass is 16.2. The molecule has 7 nitrogen and oxygen atoms in total. The number of nitrogens with one attached hydrogen (secondary N) is 2. The van der Waals surface area contributed by atoms with Gasteiger partial charge in [-0.3, -0.25) is 9.59 Å². The molecule has 0 saturated heterocycles. The van der Waals surface area contributed by atoms with E-state index in [4.69, 9.17) is 4.98 Å². The summed E-state index contributed by atoms with van der Waals surface area (Å²) in [6.07, 6.45) is 1.67. The molecular weight excluding hydrogens is 378 g/mol. The molecule has 30 heavy (non-hydrogen) atoms. The SMILES string of the molecule is CCn1ncc2c(C(=O)Nc3cccc(NC(C)=O)c3)cc(-c3ccccc3)nc21. The highest BCUT2D eigenvalue weighted by molar-refractivity contribution is 6.12. The molecule has 2 aromatic carbocycles. The van der Waals surface area contributed by atoms with Gasteiger partial charge in [-0.2, -0.15) is 5.10 Å². The molecule has 2 amide bonds. The highest BCUT2D eigenvalue weighted by Crippen LogP contribution is 2.26. The van der Waals surface area contributed by atoms with Crippen molar-refractivity contribution in [1.29, 1.82) is 0 Å². The largest absolute Gasteiger partial charge is 0.326 e. The number of pyridine rings is 1. The minimum atomic E-state index is -0.268. The zero-order chi connectivity index (χ0) is 21.1. The quantitative estimate of drug-likeness (QED) is 0.523. The summed E-state index contributed by atoms with van der Waals surface area (Å²) in [6, 6.07) is 18.5. The van der Waals surface area contributed by atoms with Crippen molar-refractivity contribution >= 4 is 34.2 Å². The van der Waals surface area contributed by atoms with Gasteiger partial charge < -0.3 is 10.6 Å². The molecule has 2 N–H and O–H groups in total. The van der Waals surface area contributed by atoms with Crippen molar-refractivity contribution in [3.8, 4) is 11.3 Å². The third-order valence-electron chi connectivity index (χ3n) is 4.66. The Balaban J connectivity index is 1.75. The van der Waals surface area contributed by atoms with Gasteiger partial charge in [0.1, 0.15) is 0 Å². The second kappa shape index (κ2) is 8.16. The van der Waals surface area contributed by atoms with Gasteiger partial charge >= 0.3 is 0 Å². The standard InChI is InChI=1S/C23H21N5O2/c1-3-28-22-20(14-24-28)19(13-21(27-22)16-8-5-4-6-9-16)23(30)26-18-11-7-10-17(12-18)25-15(2)29/h4-14H,3H2,1-2H3,(H,25,29)(H,26,30). The van der Waals surface area contributed by atoms with Crippen molar-refractivity contribution in [3.05, 3.63) is 72.4 Å². The van der Waals surface area contributed by atoms with E-state index in [0.717, 1.165) is 5.56 Å². The number of aromatic nitrogens is 3. The van der Waals surface area contributed by atoms with E-state index < -0.39 is 0 Å². The molecule has 0 radical (unpaired) electrons. The average Bonchev–Trinajstić information content (AvgIpc) is 3.16. The Morgan fingerprint density at radius 3 is 2.40 bits per heavy atom. The van der Waals surface area contributed by atoms with Crippen molar-refractivity contribution in [2.75, 3.05) is 10.6 Å². The number of nitrogens with zero attached hydrogens (tertiary/aromatic N) is 3. The molecule has 150 valence electrons. The normalized spacial score (nSPS) is 10.7. The molecule has 0 unspecified atom stereocenters. The molecule has 0 atom stereocenters. The lowest BCUT2D eigenvalue weighted by Gasteiger charge is -2.10. The van der Waals surface area contributed by atoms with Crippen LogP contribution in [0, 0.1) is 0 Å². The van der Waals surface area contributed by atoms with Gasteiger partial charge in [0.2, 0.25) is 5.91 Å². The van der Waals surface area contributed by atoms with Crippen molar-refractivity contribution in [3.63, 3.8) is 0 Å². The Morgan fingerprint density at radius 1 is 0.967 bits per heavy atom. The number of carbonyl (C=O) groups is 2. The van der Waals surface area contributed by atoms with E-state index >= 15 is 0 Å². The first-order valence-electron chi connectivity index (χ1n) is 9.66. The van der Waals surface area contributed by atoms with Gasteiger partial charge in [-0.15, -0.1) is 0 Å². The zero-order valence-electron chi connectivity index (χ0n) is 16.7. The maximum Gasteiger partial charge on any atom is 0.256 e. The number of rotatable bonds is 5. The Hall–Kier alpha value is -4.00. The van der Waals surface area contributed by atoms with E-state index in [-0.39, 0.29) is 11.8 Å². The summed E-state index contributed by atoms with van der Waals surface area (Å²) in [7, 11) is 0. The number of hydrogen-bond acceptors (Lipinski definition) is 4. The van der Waals surface area contributed by atoms with Crippen LogP contribution in [0.1, 0.15) is 24.2 Å². The lowest BCUT2D eigenvalue weighted by Crippen LogP contribution is -2.14. The van der Waals surface area contributed by atoms with E-state index in [2.05, 4.69) is 15.7 Å². The average molecular weight is 399 g/mol. The number of hydrogen-bond donors (Lipinski definition) is 2. The number of carbonyl (C=O) groups excluding carboxylic acids is 2. The molecule has 0 saturated carbocycles. The minimum Gasteiger partial charge on any atom is -0.326 e. The van der Waals surface area contributed by atoms with E-state index in [9.17, 15) is 9.59 Å². The molecule has 0 spiro atoms. The molecule has 0 aliphatic carbocycles. The first-order valence-corrected chi connectivity index (χ1v) is 9.66. The van der Waals surface area contributed by atoms with Crippen molar-refractivity contribution < 1.29 is 9.59 Å². The van der Waals surface area contributed by atoms with Gasteiger partial charge in [0.15, 0.2) is 5.65 Å². The fourth-order valence-electron chi connectivity index (χ4n) is 3.30. The van der Waals surface area contributed by atoms with Crippen molar-refractivity contribution in [1.82, 2.24) is 14.8 Å². The summed E-state index contributed by atoms with van der Waals surface area (Å²) >= 11 is 0. The summed E-state index contributed by atoms with van der Waals surface area (Å²) < 4.78 is 1.77. The summed E-state index contributed by atoms with van der Waals surface area (Å²) in [5.41, 5.74) is 3.98. The van der Waals surface area contributed by atoms with Gasteiger partial charge in [-0.1, -0.05) is 36.4 Å². The second-order valence-corrected chi connectivity index (χ2v) is 6.83. The van der Waals surface area contributed by atoms with Crippen molar-refractivity contribution in [2.24, 2.45) is 0 Å². The molecule has 4 rings (SSSR count). The number of aryl methyl sites for hydroxylation is 1. The van der Waals surface area contributed by atoms with Crippen molar-refractivity contribution in [2.45, 2.75) is 20.4 Å². The van der Waals surface area contributed by atoms with Gasteiger partial charge in [0.05, 0.1) is 22.8 Å². The lowest BCUT2D eigenvalue weighted by atomic mass is 10.1. The Labute approximate surface area is 173 Å². The van der Waals surface area contributed by atoms with Crippen LogP contribution in [0.15, 0.2) is 66.9 Å². The molecule has 0 fully saturated rings. The van der Waals surface area contributed by atoms with Crippen LogP contribution in [0.4, 0.5) is 11.4 Å². The predicted octanol–water partition coefficient (Wildman–Crippen LogP) is 4.33. The van der Waals surface area contributed by atoms with E-state index in [1.165, 1.54) is 6.92 Å². The summed E-state index contributed by atoms with van der Waals surface area (Å²) in [5.74, 6) is -0.441. The van der Waals surface area contributed by atoms with E-state index in [1.54, 1.807) is 41.2 Å². The number of benzene rings is 2. The molecule has 2 heterocycles. The molecule has 0 aliphatic heterocycles. The molecule has 0 aliphatic rings. The van der Waals surface area contributed by atoms with Gasteiger partial charge in [0, 0.05) is 30.4 Å². The first kappa shape index (κ1) is 19.3. The van der Waals surface area contributed by atoms with Gasteiger partial charge in [0.25, 0.3) is 5.91 Å². The van der Waals surface area contributed by atoms with Crippen LogP contribution in [0.3, 0.4) is 0 Å². The molecule has 0 bridgehead atoms. The number of fused-ring (bicyclic) bond motifs is 1. The third-order valence-corrected chi connectivity index (χ3v) is 4.66. The van der Waals surface area contributed by atoms with Crippen LogP contribution in [0.25, 0.3) is 22.3 Å². The first-order chi connectivity index (χ1) is 14.5. The molecular formula is C23H21N5O2. The summed E-state index contributed by atoms with van der Waals surface area (Å²) in [4.78, 5) is 29.2. The fourth-order valence-corrected chi connectivity index (χ4v) is 3.30. The Morgan fingerprint density at radius 2 is 1.70 bits per heavy atom. The maximum atomic E-state index is 13.2. The van der Waals surface area contributed by atoms with Gasteiger partial charge in [-0.25, -0.2) is 9.67 Å². The van der Waals surface area contributed by atoms with Crippen LogP contribution in [0.5, 0.6) is 0 Å². The molecule has 2 aromatic heterocycles.